The van der Waals surface area contributed by atoms with E-state index >= 15 is 0 Å². The monoisotopic (exact) mass is 415 g/mol. The summed E-state index contributed by atoms with van der Waals surface area (Å²) in [6.07, 6.45) is 1.57. The third-order valence-electron chi connectivity index (χ3n) is 5.83. The Labute approximate surface area is 173 Å². The molecule has 0 aromatic heterocycles. The SMILES string of the molecule is COc1cc(F)c([C@@H]2CNC(=O)[C@H]2NC(=O)NC2(c3ccc(C)cc3)CC2)c(F)c1. The maximum absolute atomic E-state index is 14.5. The van der Waals surface area contributed by atoms with Crippen LogP contribution >= 0.6 is 0 Å². The van der Waals surface area contributed by atoms with Gasteiger partial charge in [0.2, 0.25) is 5.91 Å². The van der Waals surface area contributed by atoms with E-state index < -0.39 is 41.1 Å². The summed E-state index contributed by atoms with van der Waals surface area (Å²) >= 11 is 0. The van der Waals surface area contributed by atoms with Gasteiger partial charge in [0, 0.05) is 30.2 Å². The molecule has 3 amide bonds. The van der Waals surface area contributed by atoms with Crippen molar-refractivity contribution in [2.45, 2.75) is 37.3 Å². The van der Waals surface area contributed by atoms with Crippen molar-refractivity contribution in [1.29, 1.82) is 0 Å². The van der Waals surface area contributed by atoms with Gasteiger partial charge in [-0.2, -0.15) is 0 Å². The minimum absolute atomic E-state index is 0.0209. The maximum Gasteiger partial charge on any atom is 0.316 e. The highest BCUT2D eigenvalue weighted by molar-refractivity contribution is 5.90. The third kappa shape index (κ3) is 3.69. The van der Waals surface area contributed by atoms with Crippen LogP contribution in [0.25, 0.3) is 0 Å². The van der Waals surface area contributed by atoms with Gasteiger partial charge < -0.3 is 20.7 Å². The van der Waals surface area contributed by atoms with Crippen LogP contribution in [0, 0.1) is 18.6 Å². The number of hydrogen-bond acceptors (Lipinski definition) is 3. The molecule has 2 atom stereocenters. The average Bonchev–Trinajstić information content (AvgIpc) is 3.40. The Bertz CT molecular complexity index is 967. The molecule has 0 radical (unpaired) electrons. The minimum atomic E-state index is -1.09. The van der Waals surface area contributed by atoms with Crippen LogP contribution in [-0.2, 0) is 10.3 Å². The lowest BCUT2D eigenvalue weighted by molar-refractivity contribution is -0.120. The fourth-order valence-electron chi connectivity index (χ4n) is 3.97. The zero-order valence-corrected chi connectivity index (χ0v) is 16.7. The van der Waals surface area contributed by atoms with E-state index in [0.717, 1.165) is 36.1 Å². The lowest BCUT2D eigenvalue weighted by Gasteiger charge is -2.23. The smallest absolute Gasteiger partial charge is 0.316 e. The first-order valence-electron chi connectivity index (χ1n) is 9.79. The molecule has 2 fully saturated rings. The van der Waals surface area contributed by atoms with Gasteiger partial charge in [-0.1, -0.05) is 29.8 Å². The normalized spacial score (nSPS) is 21.7. The molecule has 1 aliphatic heterocycles. The number of ether oxygens (including phenoxy) is 1. The lowest BCUT2D eigenvalue weighted by Crippen LogP contribution is -2.50. The Balaban J connectivity index is 1.51. The molecule has 8 heteroatoms. The lowest BCUT2D eigenvalue weighted by atomic mass is 9.92. The van der Waals surface area contributed by atoms with Gasteiger partial charge in [-0.25, -0.2) is 13.6 Å². The van der Waals surface area contributed by atoms with Gasteiger partial charge in [-0.3, -0.25) is 4.79 Å². The Hall–Kier alpha value is -3.16. The Morgan fingerprint density at radius 3 is 2.37 bits per heavy atom. The molecule has 0 spiro atoms. The molecular weight excluding hydrogens is 392 g/mol. The van der Waals surface area contributed by atoms with Crippen molar-refractivity contribution in [3.8, 4) is 5.75 Å². The second kappa shape index (κ2) is 7.59. The summed E-state index contributed by atoms with van der Waals surface area (Å²) in [5.74, 6) is -2.95. The number of methoxy groups -OCH3 is 1. The number of urea groups is 1. The molecule has 158 valence electrons. The zero-order valence-electron chi connectivity index (χ0n) is 16.7. The van der Waals surface area contributed by atoms with E-state index in [1.807, 2.05) is 31.2 Å². The molecule has 2 aromatic rings. The van der Waals surface area contributed by atoms with E-state index in [-0.39, 0.29) is 17.9 Å². The zero-order chi connectivity index (χ0) is 21.5. The molecule has 1 aliphatic carbocycles. The number of carbonyl (C=O) groups excluding carboxylic acids is 2. The highest BCUT2D eigenvalue weighted by atomic mass is 19.1. The summed E-state index contributed by atoms with van der Waals surface area (Å²) in [7, 11) is 1.31. The van der Waals surface area contributed by atoms with E-state index in [1.54, 1.807) is 0 Å². The van der Waals surface area contributed by atoms with Crippen molar-refractivity contribution >= 4 is 11.9 Å². The topological polar surface area (TPSA) is 79.5 Å². The molecule has 2 aliphatic rings. The predicted octanol–water partition coefficient (Wildman–Crippen LogP) is 2.85. The standard InChI is InChI=1S/C22H23F2N3O3/c1-12-3-5-13(6-4-12)22(7-8-22)27-21(29)26-19-15(11-25-20(19)28)18-16(23)9-14(30-2)10-17(18)24/h3-6,9-10,15,19H,7-8,11H2,1-2H3,(H,25,28)(H2,26,27,29)/t15-,19-/m0/s1. The molecule has 1 heterocycles. The summed E-state index contributed by atoms with van der Waals surface area (Å²) < 4.78 is 33.9. The van der Waals surface area contributed by atoms with Crippen LogP contribution in [-0.4, -0.2) is 31.6 Å². The quantitative estimate of drug-likeness (QED) is 0.703. The Morgan fingerprint density at radius 2 is 1.80 bits per heavy atom. The van der Waals surface area contributed by atoms with Gasteiger partial charge in [0.05, 0.1) is 12.6 Å². The second-order valence-electron chi connectivity index (χ2n) is 7.88. The number of halogens is 2. The molecule has 1 saturated carbocycles. The van der Waals surface area contributed by atoms with Crippen molar-refractivity contribution in [3.63, 3.8) is 0 Å². The van der Waals surface area contributed by atoms with Crippen LogP contribution in [0.3, 0.4) is 0 Å². The van der Waals surface area contributed by atoms with E-state index in [0.29, 0.717) is 0 Å². The summed E-state index contributed by atoms with van der Waals surface area (Å²) in [6, 6.07) is 8.38. The summed E-state index contributed by atoms with van der Waals surface area (Å²) in [5.41, 5.74) is 1.38. The summed E-state index contributed by atoms with van der Waals surface area (Å²) in [4.78, 5) is 25.0. The van der Waals surface area contributed by atoms with Crippen LogP contribution in [0.4, 0.5) is 13.6 Å². The average molecular weight is 415 g/mol. The maximum atomic E-state index is 14.5. The summed E-state index contributed by atoms with van der Waals surface area (Å²) in [6.45, 7) is 2.01. The van der Waals surface area contributed by atoms with Crippen molar-refractivity contribution in [3.05, 3.63) is 64.7 Å². The van der Waals surface area contributed by atoms with Crippen LogP contribution in [0.1, 0.15) is 35.4 Å². The van der Waals surface area contributed by atoms with Crippen molar-refractivity contribution in [2.24, 2.45) is 0 Å². The first kappa shape index (κ1) is 20.1. The van der Waals surface area contributed by atoms with Gasteiger partial charge >= 0.3 is 6.03 Å². The second-order valence-corrected chi connectivity index (χ2v) is 7.88. The fraction of sp³-hybridized carbons (Fsp3) is 0.364. The van der Waals surface area contributed by atoms with Gasteiger partial charge in [0.25, 0.3) is 0 Å². The number of aryl methyl sites for hydroxylation is 1. The van der Waals surface area contributed by atoms with Crippen LogP contribution in [0.15, 0.2) is 36.4 Å². The van der Waals surface area contributed by atoms with Crippen molar-refractivity contribution < 1.29 is 23.1 Å². The van der Waals surface area contributed by atoms with Gasteiger partial charge in [-0.05, 0) is 25.3 Å². The van der Waals surface area contributed by atoms with Gasteiger partial charge in [-0.15, -0.1) is 0 Å². The molecule has 2 aromatic carbocycles. The highest BCUT2D eigenvalue weighted by Crippen LogP contribution is 2.45. The van der Waals surface area contributed by atoms with E-state index in [1.165, 1.54) is 7.11 Å². The van der Waals surface area contributed by atoms with Crippen molar-refractivity contribution in [1.82, 2.24) is 16.0 Å². The molecule has 0 bridgehead atoms. The molecule has 4 rings (SSSR count). The number of rotatable bonds is 5. The van der Waals surface area contributed by atoms with Crippen LogP contribution in [0.2, 0.25) is 0 Å². The number of hydrogen-bond donors (Lipinski definition) is 3. The number of benzene rings is 2. The predicted molar refractivity (Wildman–Crippen MR) is 106 cm³/mol. The number of carbonyl (C=O) groups is 2. The van der Waals surface area contributed by atoms with E-state index in [2.05, 4.69) is 16.0 Å². The molecule has 3 N–H and O–H groups in total. The van der Waals surface area contributed by atoms with Crippen LogP contribution in [0.5, 0.6) is 5.75 Å². The largest absolute Gasteiger partial charge is 0.497 e. The van der Waals surface area contributed by atoms with Gasteiger partial charge in [0.15, 0.2) is 0 Å². The third-order valence-corrected chi connectivity index (χ3v) is 5.83. The first-order chi connectivity index (χ1) is 14.3. The minimum Gasteiger partial charge on any atom is -0.497 e. The molecule has 30 heavy (non-hydrogen) atoms. The molecule has 0 unspecified atom stereocenters. The van der Waals surface area contributed by atoms with Gasteiger partial charge in [0.1, 0.15) is 23.4 Å². The number of amides is 3. The van der Waals surface area contributed by atoms with Crippen molar-refractivity contribution in [2.75, 3.05) is 13.7 Å². The van der Waals surface area contributed by atoms with E-state index in [4.69, 9.17) is 4.74 Å². The Kier molecular flexibility index (Phi) is 5.09. The fourth-order valence-corrected chi connectivity index (χ4v) is 3.97. The molecule has 1 saturated heterocycles. The Morgan fingerprint density at radius 1 is 1.17 bits per heavy atom. The van der Waals surface area contributed by atoms with E-state index in [9.17, 15) is 18.4 Å². The summed E-state index contributed by atoms with van der Waals surface area (Å²) in [5, 5.41) is 8.12. The first-order valence-corrected chi connectivity index (χ1v) is 9.79. The number of nitrogens with one attached hydrogen (secondary N) is 3. The molecular formula is C22H23F2N3O3. The van der Waals surface area contributed by atoms with Crippen LogP contribution < -0.4 is 20.7 Å². The molecule has 6 nitrogen and oxygen atoms in total. The highest BCUT2D eigenvalue weighted by Gasteiger charge is 2.47.